The first kappa shape index (κ1) is 14.0. The van der Waals surface area contributed by atoms with Gasteiger partial charge < -0.3 is 21.0 Å². The number of carbonyl (C=O) groups excluding carboxylic acids is 1. The topological polar surface area (TPSA) is 96.9 Å². The summed E-state index contributed by atoms with van der Waals surface area (Å²) in [4.78, 5) is 11.5. The molecule has 1 rings (SSSR count). The van der Waals surface area contributed by atoms with Crippen molar-refractivity contribution in [2.75, 3.05) is 7.11 Å². The van der Waals surface area contributed by atoms with E-state index in [0.717, 1.165) is 5.56 Å². The Hall–Kier alpha value is -2.08. The van der Waals surface area contributed by atoms with Gasteiger partial charge in [0.1, 0.15) is 6.10 Å². The van der Waals surface area contributed by atoms with Gasteiger partial charge in [-0.05, 0) is 18.6 Å². The van der Waals surface area contributed by atoms with Crippen LogP contribution in [0.3, 0.4) is 0 Å². The first-order chi connectivity index (χ1) is 8.58. The summed E-state index contributed by atoms with van der Waals surface area (Å²) in [7, 11) is 1.48. The van der Waals surface area contributed by atoms with Crippen molar-refractivity contribution in [1.29, 1.82) is 0 Å². The van der Waals surface area contributed by atoms with Crippen molar-refractivity contribution in [2.45, 2.75) is 19.6 Å². The molecule has 6 heteroatoms. The minimum Gasteiger partial charge on any atom is -0.409 e. The van der Waals surface area contributed by atoms with Crippen LogP contribution in [0.4, 0.5) is 0 Å². The van der Waals surface area contributed by atoms with E-state index in [1.165, 1.54) is 7.11 Å². The smallest absolute Gasteiger partial charge is 0.249 e. The summed E-state index contributed by atoms with van der Waals surface area (Å²) in [5, 5.41) is 14.2. The average Bonchev–Trinajstić information content (AvgIpc) is 2.43. The summed E-state index contributed by atoms with van der Waals surface area (Å²) in [5.41, 5.74) is 6.94. The quantitative estimate of drug-likeness (QED) is 0.306. The number of nitrogens with one attached hydrogen (secondary N) is 1. The molecule has 1 aromatic carbocycles. The van der Waals surface area contributed by atoms with Crippen molar-refractivity contribution in [2.24, 2.45) is 10.9 Å². The Kier molecular flexibility index (Phi) is 5.13. The standard InChI is InChI=1S/C12H17N3O3/c1-8(18-2)12(16)14-7-9-4-3-5-10(6-9)11(13)15-17/h3-6,8,17H,7H2,1-2H3,(H2,13,15)(H,14,16). The number of hydrogen-bond donors (Lipinski definition) is 3. The molecule has 0 aliphatic carbocycles. The van der Waals surface area contributed by atoms with Gasteiger partial charge in [0.05, 0.1) is 0 Å². The fourth-order valence-electron chi connectivity index (χ4n) is 1.34. The van der Waals surface area contributed by atoms with Gasteiger partial charge in [0.25, 0.3) is 0 Å². The Morgan fingerprint density at radius 2 is 2.33 bits per heavy atom. The highest BCUT2D eigenvalue weighted by atomic mass is 16.5. The highest BCUT2D eigenvalue weighted by molar-refractivity contribution is 5.97. The highest BCUT2D eigenvalue weighted by Gasteiger charge is 2.10. The molecule has 0 bridgehead atoms. The van der Waals surface area contributed by atoms with Crippen LogP contribution in [0.15, 0.2) is 29.4 Å². The van der Waals surface area contributed by atoms with Crippen molar-refractivity contribution < 1.29 is 14.7 Å². The summed E-state index contributed by atoms with van der Waals surface area (Å²) in [6.45, 7) is 2.03. The third-order valence-corrected chi connectivity index (χ3v) is 2.52. The van der Waals surface area contributed by atoms with Crippen molar-refractivity contribution in [3.8, 4) is 0 Å². The van der Waals surface area contributed by atoms with Crippen LogP contribution in [-0.2, 0) is 16.1 Å². The van der Waals surface area contributed by atoms with Crippen LogP contribution in [-0.4, -0.2) is 30.2 Å². The fraction of sp³-hybridized carbons (Fsp3) is 0.333. The molecule has 6 nitrogen and oxygen atoms in total. The SMILES string of the molecule is COC(C)C(=O)NCc1cccc(/C(N)=N/O)c1. The summed E-state index contributed by atoms with van der Waals surface area (Å²) in [6.07, 6.45) is -0.489. The number of oxime groups is 1. The van der Waals surface area contributed by atoms with Gasteiger partial charge in [-0.25, -0.2) is 0 Å². The molecular formula is C12H17N3O3. The zero-order valence-corrected chi connectivity index (χ0v) is 10.4. The first-order valence-electron chi connectivity index (χ1n) is 5.45. The van der Waals surface area contributed by atoms with Gasteiger partial charge >= 0.3 is 0 Å². The van der Waals surface area contributed by atoms with Crippen LogP contribution >= 0.6 is 0 Å². The number of methoxy groups -OCH3 is 1. The van der Waals surface area contributed by atoms with Crippen molar-refractivity contribution >= 4 is 11.7 Å². The summed E-state index contributed by atoms with van der Waals surface area (Å²) >= 11 is 0. The lowest BCUT2D eigenvalue weighted by atomic mass is 10.1. The van der Waals surface area contributed by atoms with E-state index in [2.05, 4.69) is 10.5 Å². The van der Waals surface area contributed by atoms with E-state index in [9.17, 15) is 4.79 Å². The van der Waals surface area contributed by atoms with E-state index < -0.39 is 6.10 Å². The number of ether oxygens (including phenoxy) is 1. The van der Waals surface area contributed by atoms with Gasteiger partial charge in [-0.2, -0.15) is 0 Å². The maximum atomic E-state index is 11.5. The molecule has 18 heavy (non-hydrogen) atoms. The van der Waals surface area contributed by atoms with Crippen molar-refractivity contribution in [3.05, 3.63) is 35.4 Å². The molecular weight excluding hydrogens is 234 g/mol. The lowest BCUT2D eigenvalue weighted by molar-refractivity contribution is -0.130. The van der Waals surface area contributed by atoms with Gasteiger partial charge in [-0.3, -0.25) is 4.79 Å². The largest absolute Gasteiger partial charge is 0.409 e. The number of nitrogens with zero attached hydrogens (tertiary/aromatic N) is 1. The highest BCUT2D eigenvalue weighted by Crippen LogP contribution is 2.05. The zero-order chi connectivity index (χ0) is 13.5. The molecule has 0 aliphatic rings. The van der Waals surface area contributed by atoms with E-state index in [-0.39, 0.29) is 11.7 Å². The third kappa shape index (κ3) is 3.74. The molecule has 0 fully saturated rings. The lowest BCUT2D eigenvalue weighted by Gasteiger charge is -2.10. The summed E-state index contributed by atoms with van der Waals surface area (Å²) in [5.74, 6) is -0.153. The van der Waals surface area contributed by atoms with Crippen LogP contribution < -0.4 is 11.1 Å². The Labute approximate surface area is 105 Å². The van der Waals surface area contributed by atoms with Gasteiger partial charge in [0.2, 0.25) is 5.91 Å². The predicted octanol–water partition coefficient (Wildman–Crippen LogP) is 0.432. The predicted molar refractivity (Wildman–Crippen MR) is 67.3 cm³/mol. The minimum atomic E-state index is -0.489. The minimum absolute atomic E-state index is 0.0356. The van der Waals surface area contributed by atoms with E-state index in [4.69, 9.17) is 15.7 Å². The number of amidine groups is 1. The number of amides is 1. The molecule has 4 N–H and O–H groups in total. The molecule has 0 spiro atoms. The van der Waals surface area contributed by atoms with Gasteiger partial charge in [-0.1, -0.05) is 23.4 Å². The van der Waals surface area contributed by atoms with Crippen molar-refractivity contribution in [1.82, 2.24) is 5.32 Å². The molecule has 98 valence electrons. The molecule has 1 amide bonds. The molecule has 1 aromatic rings. The van der Waals surface area contributed by atoms with Gasteiger partial charge in [-0.15, -0.1) is 0 Å². The van der Waals surface area contributed by atoms with E-state index in [1.54, 1.807) is 25.1 Å². The van der Waals surface area contributed by atoms with Crippen molar-refractivity contribution in [3.63, 3.8) is 0 Å². The Bertz CT molecular complexity index is 446. The summed E-state index contributed by atoms with van der Waals surface area (Å²) < 4.78 is 4.90. The van der Waals surface area contributed by atoms with Crippen LogP contribution in [0, 0.1) is 0 Å². The van der Waals surface area contributed by atoms with Crippen LogP contribution in [0.2, 0.25) is 0 Å². The monoisotopic (exact) mass is 251 g/mol. The second-order valence-electron chi connectivity index (χ2n) is 3.78. The van der Waals surface area contributed by atoms with E-state index >= 15 is 0 Å². The lowest BCUT2D eigenvalue weighted by Crippen LogP contribution is -2.33. The summed E-state index contributed by atoms with van der Waals surface area (Å²) in [6, 6.07) is 7.07. The Morgan fingerprint density at radius 1 is 1.61 bits per heavy atom. The molecule has 0 heterocycles. The molecule has 1 unspecified atom stereocenters. The number of benzene rings is 1. The first-order valence-corrected chi connectivity index (χ1v) is 5.45. The van der Waals surface area contributed by atoms with Crippen LogP contribution in [0.5, 0.6) is 0 Å². The zero-order valence-electron chi connectivity index (χ0n) is 10.4. The van der Waals surface area contributed by atoms with E-state index in [0.29, 0.717) is 12.1 Å². The normalized spacial score (nSPS) is 13.1. The Balaban J connectivity index is 2.66. The molecule has 1 atom stereocenters. The number of hydrogen-bond acceptors (Lipinski definition) is 4. The molecule has 0 saturated heterocycles. The van der Waals surface area contributed by atoms with Gasteiger partial charge in [0.15, 0.2) is 5.84 Å². The molecule has 0 aliphatic heterocycles. The van der Waals surface area contributed by atoms with E-state index in [1.807, 2.05) is 6.07 Å². The maximum Gasteiger partial charge on any atom is 0.249 e. The number of nitrogens with two attached hydrogens (primary N) is 1. The molecule has 0 aromatic heterocycles. The second-order valence-corrected chi connectivity index (χ2v) is 3.78. The van der Waals surface area contributed by atoms with Gasteiger partial charge in [0, 0.05) is 19.2 Å². The average molecular weight is 251 g/mol. The molecule has 0 radical (unpaired) electrons. The second kappa shape index (κ2) is 6.61. The number of rotatable bonds is 5. The fourth-order valence-corrected chi connectivity index (χ4v) is 1.34. The Morgan fingerprint density at radius 3 is 2.94 bits per heavy atom. The number of carbonyl (C=O) groups is 1. The maximum absolute atomic E-state index is 11.5. The van der Waals surface area contributed by atoms with Crippen LogP contribution in [0.1, 0.15) is 18.1 Å². The van der Waals surface area contributed by atoms with Crippen LogP contribution in [0.25, 0.3) is 0 Å². The molecule has 0 saturated carbocycles. The third-order valence-electron chi connectivity index (χ3n) is 2.52.